The topological polar surface area (TPSA) is 18.5 Å². The number of hydrogen-bond acceptors (Lipinski definition) is 2. The molecular weight excluding hydrogens is 315 g/mol. The molecule has 2 nitrogen and oxygen atoms in total. The fraction of sp³-hybridized carbons (Fsp3) is 0.524. The van der Waals surface area contributed by atoms with Gasteiger partial charge in [-0.15, -0.1) is 0 Å². The normalized spacial score (nSPS) is 28.2. The van der Waals surface area contributed by atoms with Crippen LogP contribution in [-0.2, 0) is 4.74 Å². The highest BCUT2D eigenvalue weighted by Crippen LogP contribution is 2.53. The SMILES string of the molecule is COC(=C1C2CCCC1C1=C(CCCC1)C2)c1cccc(OP)c1. The van der Waals surface area contributed by atoms with E-state index in [1.165, 1.54) is 51.4 Å². The van der Waals surface area contributed by atoms with Gasteiger partial charge >= 0.3 is 0 Å². The lowest BCUT2D eigenvalue weighted by Crippen LogP contribution is -2.30. The van der Waals surface area contributed by atoms with Crippen molar-refractivity contribution in [2.24, 2.45) is 11.8 Å². The zero-order chi connectivity index (χ0) is 16.5. The van der Waals surface area contributed by atoms with E-state index in [1.807, 2.05) is 13.2 Å². The van der Waals surface area contributed by atoms with Crippen LogP contribution in [0.5, 0.6) is 5.75 Å². The summed E-state index contributed by atoms with van der Waals surface area (Å²) in [4.78, 5) is 0. The zero-order valence-corrected chi connectivity index (χ0v) is 15.7. The van der Waals surface area contributed by atoms with Crippen LogP contribution >= 0.6 is 9.47 Å². The second-order valence-corrected chi connectivity index (χ2v) is 7.59. The van der Waals surface area contributed by atoms with Gasteiger partial charge in [-0.1, -0.05) is 29.7 Å². The maximum atomic E-state index is 5.99. The summed E-state index contributed by atoms with van der Waals surface area (Å²) >= 11 is 0. The third kappa shape index (κ3) is 2.80. The second kappa shape index (κ2) is 6.92. The van der Waals surface area contributed by atoms with Crippen LogP contribution in [-0.4, -0.2) is 7.11 Å². The van der Waals surface area contributed by atoms with Crippen molar-refractivity contribution in [2.45, 2.75) is 51.4 Å². The summed E-state index contributed by atoms with van der Waals surface area (Å²) in [5.41, 5.74) is 6.28. The van der Waals surface area contributed by atoms with Gasteiger partial charge in [0.05, 0.1) is 16.6 Å². The van der Waals surface area contributed by atoms with E-state index in [9.17, 15) is 0 Å². The number of hydrogen-bond donors (Lipinski definition) is 0. The summed E-state index contributed by atoms with van der Waals surface area (Å²) in [6.07, 6.45) is 10.7. The van der Waals surface area contributed by atoms with Crippen molar-refractivity contribution in [3.8, 4) is 5.75 Å². The van der Waals surface area contributed by atoms with Crippen molar-refractivity contribution in [2.75, 3.05) is 7.11 Å². The van der Waals surface area contributed by atoms with E-state index in [2.05, 4.69) is 27.7 Å². The van der Waals surface area contributed by atoms with Gasteiger partial charge in [-0.3, -0.25) is 0 Å². The highest BCUT2D eigenvalue weighted by molar-refractivity contribution is 7.10. The Labute approximate surface area is 147 Å². The number of rotatable bonds is 3. The summed E-state index contributed by atoms with van der Waals surface area (Å²) in [6, 6.07) is 8.29. The molecule has 0 radical (unpaired) electrons. The summed E-state index contributed by atoms with van der Waals surface area (Å²) in [5, 5.41) is 0. The van der Waals surface area contributed by atoms with Gasteiger partial charge in [-0.2, -0.15) is 0 Å². The molecule has 3 aliphatic rings. The molecule has 0 aromatic heterocycles. The summed E-state index contributed by atoms with van der Waals surface area (Å²) in [5.74, 6) is 3.27. The van der Waals surface area contributed by atoms with E-state index in [1.54, 1.807) is 16.7 Å². The second-order valence-electron chi connectivity index (χ2n) is 7.35. The fourth-order valence-corrected chi connectivity index (χ4v) is 5.28. The summed E-state index contributed by atoms with van der Waals surface area (Å²) in [6.45, 7) is 0. The van der Waals surface area contributed by atoms with Crippen LogP contribution in [0.1, 0.15) is 56.9 Å². The number of ether oxygens (including phenoxy) is 1. The number of fused-ring (bicyclic) bond motifs is 3. The quantitative estimate of drug-likeness (QED) is 0.386. The minimum atomic E-state index is 0.628. The maximum Gasteiger partial charge on any atom is 0.126 e. The Bertz CT molecular complexity index is 689. The van der Waals surface area contributed by atoms with Gasteiger partial charge in [-0.05, 0) is 68.6 Å². The molecule has 0 spiro atoms. The summed E-state index contributed by atoms with van der Waals surface area (Å²) < 4.78 is 11.3. The molecule has 1 saturated carbocycles. The lowest BCUT2D eigenvalue weighted by molar-refractivity contribution is 0.311. The predicted octanol–water partition coefficient (Wildman–Crippen LogP) is 5.90. The molecule has 3 unspecified atom stereocenters. The molecule has 0 saturated heterocycles. The molecule has 1 aromatic rings. The third-order valence-corrected chi connectivity index (χ3v) is 6.37. The number of methoxy groups -OCH3 is 1. The van der Waals surface area contributed by atoms with Gasteiger partial charge in [0.25, 0.3) is 0 Å². The van der Waals surface area contributed by atoms with Crippen LogP contribution in [0.25, 0.3) is 5.76 Å². The van der Waals surface area contributed by atoms with E-state index in [-0.39, 0.29) is 0 Å². The van der Waals surface area contributed by atoms with Gasteiger partial charge in [-0.25, -0.2) is 0 Å². The van der Waals surface area contributed by atoms with E-state index < -0.39 is 0 Å². The molecular formula is C21H27O2P. The molecule has 0 aliphatic heterocycles. The van der Waals surface area contributed by atoms with Crippen molar-refractivity contribution in [1.82, 2.24) is 0 Å². The minimum Gasteiger partial charge on any atom is -0.496 e. The van der Waals surface area contributed by atoms with Gasteiger partial charge in [0, 0.05) is 11.5 Å². The van der Waals surface area contributed by atoms with Gasteiger partial charge in [0.15, 0.2) is 0 Å². The van der Waals surface area contributed by atoms with Crippen molar-refractivity contribution >= 4 is 15.2 Å². The smallest absolute Gasteiger partial charge is 0.126 e. The molecule has 0 N–H and O–H groups in total. The Kier molecular flexibility index (Phi) is 4.68. The average molecular weight is 342 g/mol. The lowest BCUT2D eigenvalue weighted by Gasteiger charge is -2.43. The molecule has 1 fully saturated rings. The van der Waals surface area contributed by atoms with E-state index in [0.717, 1.165) is 17.1 Å². The standard InChI is InChI=1S/C21H27O2P/c1-22-21(16-8-4-9-17(13-16)23-24)20-15-7-5-11-19(20)18-10-3-2-6-14(18)12-15/h4,8-9,13,15,19H,2-3,5-7,10-12,24H2,1H3. The first kappa shape index (κ1) is 16.2. The van der Waals surface area contributed by atoms with Crippen LogP contribution < -0.4 is 4.52 Å². The molecule has 24 heavy (non-hydrogen) atoms. The first-order valence-electron chi connectivity index (χ1n) is 9.27. The molecule has 4 rings (SSSR count). The van der Waals surface area contributed by atoms with Crippen molar-refractivity contribution in [3.05, 3.63) is 46.5 Å². The third-order valence-electron chi connectivity index (χ3n) is 6.10. The van der Waals surface area contributed by atoms with E-state index >= 15 is 0 Å². The van der Waals surface area contributed by atoms with Crippen molar-refractivity contribution < 1.29 is 9.26 Å². The molecule has 128 valence electrons. The van der Waals surface area contributed by atoms with Gasteiger partial charge in [0.1, 0.15) is 11.5 Å². The van der Waals surface area contributed by atoms with E-state index in [0.29, 0.717) is 11.8 Å². The van der Waals surface area contributed by atoms with Crippen LogP contribution in [0, 0.1) is 11.8 Å². The van der Waals surface area contributed by atoms with Crippen LogP contribution in [0.2, 0.25) is 0 Å². The van der Waals surface area contributed by atoms with Gasteiger partial charge < -0.3 is 9.26 Å². The Morgan fingerprint density at radius 1 is 1.12 bits per heavy atom. The Morgan fingerprint density at radius 2 is 2.00 bits per heavy atom. The number of allylic oxidation sites excluding steroid dienone is 3. The molecule has 3 aliphatic carbocycles. The van der Waals surface area contributed by atoms with Crippen LogP contribution in [0.15, 0.2) is 41.0 Å². The highest BCUT2D eigenvalue weighted by Gasteiger charge is 2.39. The fourth-order valence-electron chi connectivity index (χ4n) is 5.14. The lowest BCUT2D eigenvalue weighted by atomic mass is 9.62. The molecule has 1 aromatic carbocycles. The molecule has 0 heterocycles. The van der Waals surface area contributed by atoms with Crippen molar-refractivity contribution in [1.29, 1.82) is 0 Å². The molecule has 3 heteroatoms. The number of benzene rings is 1. The minimum absolute atomic E-state index is 0.628. The van der Waals surface area contributed by atoms with Crippen molar-refractivity contribution in [3.63, 3.8) is 0 Å². The van der Waals surface area contributed by atoms with Gasteiger partial charge in [0.2, 0.25) is 0 Å². The zero-order valence-electron chi connectivity index (χ0n) is 14.5. The Hall–Kier alpha value is -1.27. The monoisotopic (exact) mass is 342 g/mol. The summed E-state index contributed by atoms with van der Waals surface area (Å²) in [7, 11) is 4.16. The largest absolute Gasteiger partial charge is 0.496 e. The maximum absolute atomic E-state index is 5.99. The first-order chi connectivity index (χ1) is 11.8. The highest BCUT2D eigenvalue weighted by atomic mass is 31.0. The molecule has 2 bridgehead atoms. The average Bonchev–Trinajstić information content (AvgIpc) is 2.63. The molecule has 3 atom stereocenters. The first-order valence-corrected chi connectivity index (χ1v) is 9.75. The Morgan fingerprint density at radius 3 is 2.83 bits per heavy atom. The van der Waals surface area contributed by atoms with E-state index in [4.69, 9.17) is 9.26 Å². The van der Waals surface area contributed by atoms with Crippen LogP contribution in [0.3, 0.4) is 0 Å². The van der Waals surface area contributed by atoms with Crippen LogP contribution in [0.4, 0.5) is 0 Å². The Balaban J connectivity index is 1.82. The molecule has 0 amide bonds. The predicted molar refractivity (Wildman–Crippen MR) is 102 cm³/mol.